The molecule has 0 aliphatic heterocycles. The highest BCUT2D eigenvalue weighted by Crippen LogP contribution is 2.29. The quantitative estimate of drug-likeness (QED) is 0.791. The lowest BCUT2D eigenvalue weighted by molar-refractivity contribution is -0.0495. The van der Waals surface area contributed by atoms with Crippen LogP contribution in [0.5, 0.6) is 5.75 Å². The summed E-state index contributed by atoms with van der Waals surface area (Å²) in [7, 11) is 0. The Labute approximate surface area is 115 Å². The lowest BCUT2D eigenvalue weighted by Crippen LogP contribution is -2.16. The van der Waals surface area contributed by atoms with Crippen molar-refractivity contribution in [2.75, 3.05) is 13.1 Å². The summed E-state index contributed by atoms with van der Waals surface area (Å²) in [6.07, 6.45) is 0.582. The third-order valence-corrected chi connectivity index (χ3v) is 2.57. The van der Waals surface area contributed by atoms with E-state index in [9.17, 15) is 8.78 Å². The highest BCUT2D eigenvalue weighted by molar-refractivity contribution is 5.62. The number of alkyl halides is 2. The number of hydrogen-bond acceptors (Lipinski definition) is 5. The zero-order valence-corrected chi connectivity index (χ0v) is 11.0. The van der Waals surface area contributed by atoms with Crippen LogP contribution in [0.1, 0.15) is 12.8 Å². The maximum Gasteiger partial charge on any atom is 0.387 e. The van der Waals surface area contributed by atoms with Gasteiger partial charge in [-0.25, -0.2) is 0 Å². The van der Waals surface area contributed by atoms with E-state index in [0.29, 0.717) is 24.4 Å². The molecule has 0 aliphatic rings. The number of ether oxygens (including phenoxy) is 1. The number of benzene rings is 1. The number of halogens is 2. The molecule has 1 aromatic heterocycles. The van der Waals surface area contributed by atoms with E-state index in [1.54, 1.807) is 18.2 Å². The number of rotatable bonds is 7. The van der Waals surface area contributed by atoms with Crippen LogP contribution in [0.3, 0.4) is 0 Å². The van der Waals surface area contributed by atoms with E-state index in [-0.39, 0.29) is 11.6 Å². The largest absolute Gasteiger partial charge is 0.434 e. The second-order valence-corrected chi connectivity index (χ2v) is 3.98. The lowest BCUT2D eigenvalue weighted by Gasteiger charge is -2.07. The Morgan fingerprint density at radius 2 is 2.10 bits per heavy atom. The van der Waals surface area contributed by atoms with E-state index < -0.39 is 6.61 Å². The molecular formula is C13H15F2N3O2. The van der Waals surface area contributed by atoms with Crippen LogP contribution >= 0.6 is 0 Å². The van der Waals surface area contributed by atoms with Crippen LogP contribution < -0.4 is 10.1 Å². The smallest absolute Gasteiger partial charge is 0.387 e. The predicted molar refractivity (Wildman–Crippen MR) is 68.6 cm³/mol. The SMILES string of the molecule is CCNCCc1nnc(-c2ccccc2OC(F)F)o1. The van der Waals surface area contributed by atoms with Gasteiger partial charge in [0.25, 0.3) is 5.89 Å². The fourth-order valence-electron chi connectivity index (χ4n) is 1.68. The molecule has 5 nitrogen and oxygen atoms in total. The van der Waals surface area contributed by atoms with E-state index in [4.69, 9.17) is 4.42 Å². The van der Waals surface area contributed by atoms with Gasteiger partial charge in [-0.05, 0) is 18.7 Å². The summed E-state index contributed by atoms with van der Waals surface area (Å²) in [5, 5.41) is 10.9. The van der Waals surface area contributed by atoms with Crippen LogP contribution in [0.2, 0.25) is 0 Å². The lowest BCUT2D eigenvalue weighted by atomic mass is 10.2. The van der Waals surface area contributed by atoms with Crippen molar-refractivity contribution >= 4 is 0 Å². The molecule has 0 fully saturated rings. The molecule has 1 heterocycles. The number of nitrogens with zero attached hydrogens (tertiary/aromatic N) is 2. The molecule has 20 heavy (non-hydrogen) atoms. The minimum atomic E-state index is -2.90. The first-order chi connectivity index (χ1) is 9.70. The molecule has 108 valence electrons. The molecule has 1 aromatic carbocycles. The van der Waals surface area contributed by atoms with Crippen LogP contribution in [0.4, 0.5) is 8.78 Å². The van der Waals surface area contributed by atoms with Gasteiger partial charge in [0.1, 0.15) is 5.75 Å². The van der Waals surface area contributed by atoms with E-state index in [0.717, 1.165) is 6.54 Å². The number of nitrogens with one attached hydrogen (secondary N) is 1. The van der Waals surface area contributed by atoms with Crippen LogP contribution in [0.25, 0.3) is 11.5 Å². The van der Waals surface area contributed by atoms with Crippen molar-refractivity contribution in [1.29, 1.82) is 0 Å². The van der Waals surface area contributed by atoms with Crippen LogP contribution in [-0.2, 0) is 6.42 Å². The van der Waals surface area contributed by atoms with Gasteiger partial charge in [-0.15, -0.1) is 10.2 Å². The van der Waals surface area contributed by atoms with E-state index in [1.165, 1.54) is 6.07 Å². The first-order valence-electron chi connectivity index (χ1n) is 6.28. The first-order valence-corrected chi connectivity index (χ1v) is 6.28. The Hall–Kier alpha value is -2.02. The summed E-state index contributed by atoms with van der Waals surface area (Å²) in [6.45, 7) is 0.670. The van der Waals surface area contributed by atoms with Crippen molar-refractivity contribution in [3.63, 3.8) is 0 Å². The van der Waals surface area contributed by atoms with Crippen molar-refractivity contribution in [2.24, 2.45) is 0 Å². The summed E-state index contributed by atoms with van der Waals surface area (Å²) in [6, 6.07) is 6.32. The highest BCUT2D eigenvalue weighted by atomic mass is 19.3. The van der Waals surface area contributed by atoms with E-state index in [1.807, 2.05) is 6.92 Å². The number of hydrogen-bond donors (Lipinski definition) is 1. The Kier molecular flexibility index (Phi) is 5.00. The van der Waals surface area contributed by atoms with Gasteiger partial charge in [0.05, 0.1) is 5.56 Å². The van der Waals surface area contributed by atoms with Crippen molar-refractivity contribution in [1.82, 2.24) is 15.5 Å². The molecule has 7 heteroatoms. The molecule has 0 radical (unpaired) electrons. The number of aromatic nitrogens is 2. The molecule has 1 N–H and O–H groups in total. The normalized spacial score (nSPS) is 11.0. The fourth-order valence-corrected chi connectivity index (χ4v) is 1.68. The van der Waals surface area contributed by atoms with E-state index >= 15 is 0 Å². The molecule has 0 aliphatic carbocycles. The van der Waals surface area contributed by atoms with Crippen molar-refractivity contribution in [3.8, 4) is 17.2 Å². The van der Waals surface area contributed by atoms with Crippen molar-refractivity contribution < 1.29 is 17.9 Å². The van der Waals surface area contributed by atoms with Gasteiger partial charge in [-0.1, -0.05) is 19.1 Å². The zero-order valence-electron chi connectivity index (χ0n) is 11.0. The Balaban J connectivity index is 2.15. The van der Waals surface area contributed by atoms with Crippen LogP contribution in [0, 0.1) is 0 Å². The molecule has 0 bridgehead atoms. The Morgan fingerprint density at radius 3 is 2.85 bits per heavy atom. The van der Waals surface area contributed by atoms with Gasteiger partial charge in [0.15, 0.2) is 0 Å². The van der Waals surface area contributed by atoms with Gasteiger partial charge < -0.3 is 14.5 Å². The molecule has 0 amide bonds. The third-order valence-electron chi connectivity index (χ3n) is 2.57. The maximum atomic E-state index is 12.3. The fraction of sp³-hybridized carbons (Fsp3) is 0.385. The molecular weight excluding hydrogens is 268 g/mol. The molecule has 0 spiro atoms. The maximum absolute atomic E-state index is 12.3. The number of likely N-dealkylation sites (N-methyl/N-ethyl adjacent to an activating group) is 1. The monoisotopic (exact) mass is 283 g/mol. The second kappa shape index (κ2) is 6.95. The summed E-state index contributed by atoms with van der Waals surface area (Å²) in [5.74, 6) is 0.643. The average Bonchev–Trinajstić information content (AvgIpc) is 2.88. The summed E-state index contributed by atoms with van der Waals surface area (Å²) < 4.78 is 34.5. The average molecular weight is 283 g/mol. The van der Waals surface area contributed by atoms with Gasteiger partial charge >= 0.3 is 6.61 Å². The second-order valence-electron chi connectivity index (χ2n) is 3.98. The molecule has 0 saturated heterocycles. The Morgan fingerprint density at radius 1 is 1.30 bits per heavy atom. The van der Waals surface area contributed by atoms with Gasteiger partial charge in [-0.2, -0.15) is 8.78 Å². The van der Waals surface area contributed by atoms with Crippen molar-refractivity contribution in [3.05, 3.63) is 30.2 Å². The van der Waals surface area contributed by atoms with E-state index in [2.05, 4.69) is 20.3 Å². The summed E-state index contributed by atoms with van der Waals surface area (Å²) >= 11 is 0. The summed E-state index contributed by atoms with van der Waals surface area (Å²) in [5.41, 5.74) is 0.356. The molecule has 0 unspecified atom stereocenters. The Bertz CT molecular complexity index is 546. The minimum absolute atomic E-state index is 0.0179. The van der Waals surface area contributed by atoms with Gasteiger partial charge in [0, 0.05) is 13.0 Å². The molecule has 2 rings (SSSR count). The topological polar surface area (TPSA) is 60.2 Å². The third kappa shape index (κ3) is 3.74. The number of para-hydroxylation sites is 1. The summed E-state index contributed by atoms with van der Waals surface area (Å²) in [4.78, 5) is 0. The molecule has 0 saturated carbocycles. The minimum Gasteiger partial charge on any atom is -0.434 e. The standard InChI is InChI=1S/C13H15F2N3O2/c1-2-16-8-7-11-17-18-12(20-11)9-5-3-4-6-10(9)19-13(14)15/h3-6,13,16H,2,7-8H2,1H3. The first kappa shape index (κ1) is 14.4. The predicted octanol–water partition coefficient (Wildman–Crippen LogP) is 2.49. The van der Waals surface area contributed by atoms with Gasteiger partial charge in [-0.3, -0.25) is 0 Å². The van der Waals surface area contributed by atoms with Crippen LogP contribution in [-0.4, -0.2) is 29.9 Å². The van der Waals surface area contributed by atoms with Gasteiger partial charge in [0.2, 0.25) is 5.89 Å². The van der Waals surface area contributed by atoms with Crippen LogP contribution in [0.15, 0.2) is 28.7 Å². The zero-order chi connectivity index (χ0) is 14.4. The molecule has 2 aromatic rings. The molecule has 0 atom stereocenters. The van der Waals surface area contributed by atoms with Crippen molar-refractivity contribution in [2.45, 2.75) is 20.0 Å². The highest BCUT2D eigenvalue weighted by Gasteiger charge is 2.15.